The van der Waals surface area contributed by atoms with Crippen LogP contribution in [-0.4, -0.2) is 40.2 Å². The topological polar surface area (TPSA) is 78.3 Å². The molecule has 0 unspecified atom stereocenters. The lowest BCUT2D eigenvalue weighted by Gasteiger charge is -2.18. The molecule has 2 aromatic heterocycles. The number of amides is 1. The fourth-order valence-electron chi connectivity index (χ4n) is 2.73. The lowest BCUT2D eigenvalue weighted by atomic mass is 10.1. The highest BCUT2D eigenvalue weighted by Gasteiger charge is 2.12. The normalized spacial score (nSPS) is 12.6. The van der Waals surface area contributed by atoms with Crippen LogP contribution < -0.4 is 14.8 Å². The van der Waals surface area contributed by atoms with E-state index in [1.165, 1.54) is 0 Å². The van der Waals surface area contributed by atoms with Crippen LogP contribution in [0.1, 0.15) is 15.9 Å². The molecule has 3 aromatic rings. The highest BCUT2D eigenvalue weighted by Crippen LogP contribution is 2.30. The number of hydrogen-bond donors (Lipinski definition) is 1. The van der Waals surface area contributed by atoms with Crippen molar-refractivity contribution in [1.29, 1.82) is 0 Å². The summed E-state index contributed by atoms with van der Waals surface area (Å²) in [6, 6.07) is 9.40. The van der Waals surface area contributed by atoms with Crippen LogP contribution in [0.2, 0.25) is 0 Å². The first-order chi connectivity index (χ1) is 12.8. The van der Waals surface area contributed by atoms with Crippen molar-refractivity contribution in [2.75, 3.05) is 19.8 Å². The van der Waals surface area contributed by atoms with Crippen molar-refractivity contribution < 1.29 is 14.3 Å². The molecule has 1 N–H and O–H groups in total. The number of ether oxygens (including phenoxy) is 2. The zero-order valence-electron chi connectivity index (χ0n) is 14.1. The molecule has 3 heterocycles. The highest BCUT2D eigenvalue weighted by molar-refractivity contribution is 5.93. The van der Waals surface area contributed by atoms with Gasteiger partial charge in [0.05, 0.1) is 5.56 Å². The highest BCUT2D eigenvalue weighted by atomic mass is 16.6. The molecule has 0 saturated carbocycles. The van der Waals surface area contributed by atoms with Gasteiger partial charge in [-0.1, -0.05) is 6.07 Å². The van der Waals surface area contributed by atoms with E-state index in [4.69, 9.17) is 9.47 Å². The van der Waals surface area contributed by atoms with E-state index in [0.29, 0.717) is 31.7 Å². The lowest BCUT2D eigenvalue weighted by Crippen LogP contribution is -2.26. The minimum atomic E-state index is -0.146. The van der Waals surface area contributed by atoms with E-state index < -0.39 is 0 Å². The molecule has 0 fully saturated rings. The number of fused-ring (bicyclic) bond motifs is 1. The van der Waals surface area contributed by atoms with Crippen molar-refractivity contribution in [1.82, 2.24) is 19.9 Å². The predicted octanol–water partition coefficient (Wildman–Crippen LogP) is 2.01. The minimum absolute atomic E-state index is 0.146. The Bertz CT molecular complexity index is 892. The molecule has 1 aliphatic rings. The van der Waals surface area contributed by atoms with E-state index in [0.717, 1.165) is 22.9 Å². The molecule has 1 aromatic carbocycles. The van der Waals surface area contributed by atoms with Gasteiger partial charge in [0.15, 0.2) is 11.5 Å². The van der Waals surface area contributed by atoms with Gasteiger partial charge in [0, 0.05) is 25.1 Å². The lowest BCUT2D eigenvalue weighted by molar-refractivity contribution is 0.0954. The number of rotatable bonds is 5. The number of nitrogens with zero attached hydrogens (tertiary/aromatic N) is 3. The standard InChI is InChI=1S/C19H18N4O3/c24-19(15-2-4-18(22-12-15)23-8-7-20-13-23)21-6-5-14-1-3-16-17(11-14)26-10-9-25-16/h1-4,7-8,11-13H,5-6,9-10H2,(H,21,24). The molecule has 26 heavy (non-hydrogen) atoms. The van der Waals surface area contributed by atoms with Gasteiger partial charge in [0.2, 0.25) is 0 Å². The van der Waals surface area contributed by atoms with Crippen LogP contribution >= 0.6 is 0 Å². The first-order valence-electron chi connectivity index (χ1n) is 8.41. The van der Waals surface area contributed by atoms with E-state index in [9.17, 15) is 4.79 Å². The summed E-state index contributed by atoms with van der Waals surface area (Å²) in [6.45, 7) is 1.67. The van der Waals surface area contributed by atoms with Gasteiger partial charge in [-0.25, -0.2) is 9.97 Å². The second-order valence-electron chi connectivity index (χ2n) is 5.86. The number of imidazole rings is 1. The molecule has 0 radical (unpaired) electrons. The van der Waals surface area contributed by atoms with Crippen LogP contribution in [0, 0.1) is 0 Å². The van der Waals surface area contributed by atoms with Gasteiger partial charge in [0.25, 0.3) is 5.91 Å². The second-order valence-corrected chi connectivity index (χ2v) is 5.86. The van der Waals surface area contributed by atoms with Crippen LogP contribution in [-0.2, 0) is 6.42 Å². The van der Waals surface area contributed by atoms with Gasteiger partial charge in [-0.2, -0.15) is 0 Å². The SMILES string of the molecule is O=C(NCCc1ccc2c(c1)OCCO2)c1ccc(-n2ccnc2)nc1. The maximum absolute atomic E-state index is 12.3. The number of carbonyl (C=O) groups excluding carboxylic acids is 1. The van der Waals surface area contributed by atoms with E-state index >= 15 is 0 Å². The monoisotopic (exact) mass is 350 g/mol. The molecule has 7 nitrogen and oxygen atoms in total. The number of aromatic nitrogens is 3. The molecule has 0 aliphatic carbocycles. The third kappa shape index (κ3) is 3.51. The largest absolute Gasteiger partial charge is 0.486 e. The van der Waals surface area contributed by atoms with Crippen molar-refractivity contribution in [3.8, 4) is 17.3 Å². The summed E-state index contributed by atoms with van der Waals surface area (Å²) >= 11 is 0. The molecule has 132 valence electrons. The fourth-order valence-corrected chi connectivity index (χ4v) is 2.73. The number of carbonyl (C=O) groups is 1. The Labute approximate surface area is 150 Å². The van der Waals surface area contributed by atoms with Gasteiger partial charge in [-0.05, 0) is 36.2 Å². The smallest absolute Gasteiger partial charge is 0.252 e. The molecule has 7 heteroatoms. The quantitative estimate of drug-likeness (QED) is 0.762. The van der Waals surface area contributed by atoms with Crippen molar-refractivity contribution >= 4 is 5.91 Å². The van der Waals surface area contributed by atoms with Gasteiger partial charge < -0.3 is 14.8 Å². The summed E-state index contributed by atoms with van der Waals surface area (Å²) in [5, 5.41) is 2.91. The molecule has 0 saturated heterocycles. The first kappa shape index (κ1) is 16.1. The van der Waals surface area contributed by atoms with Gasteiger partial charge in [0.1, 0.15) is 25.4 Å². The fraction of sp³-hybridized carbons (Fsp3) is 0.211. The number of nitrogens with one attached hydrogen (secondary N) is 1. The molecule has 0 bridgehead atoms. The van der Waals surface area contributed by atoms with Gasteiger partial charge >= 0.3 is 0 Å². The summed E-state index contributed by atoms with van der Waals surface area (Å²) < 4.78 is 12.9. The molecular formula is C19H18N4O3. The zero-order valence-corrected chi connectivity index (χ0v) is 14.1. The third-order valence-electron chi connectivity index (χ3n) is 4.08. The number of benzene rings is 1. The summed E-state index contributed by atoms with van der Waals surface area (Å²) in [7, 11) is 0. The Morgan fingerprint density at radius 2 is 2.04 bits per heavy atom. The Morgan fingerprint density at radius 1 is 1.15 bits per heavy atom. The van der Waals surface area contributed by atoms with Crippen LogP contribution in [0.15, 0.2) is 55.2 Å². The number of pyridine rings is 1. The predicted molar refractivity (Wildman–Crippen MR) is 94.8 cm³/mol. The third-order valence-corrected chi connectivity index (χ3v) is 4.08. The van der Waals surface area contributed by atoms with E-state index in [-0.39, 0.29) is 5.91 Å². The van der Waals surface area contributed by atoms with Crippen LogP contribution in [0.3, 0.4) is 0 Å². The molecule has 0 spiro atoms. The first-order valence-corrected chi connectivity index (χ1v) is 8.41. The van der Waals surface area contributed by atoms with Gasteiger partial charge in [-0.3, -0.25) is 9.36 Å². The maximum Gasteiger partial charge on any atom is 0.252 e. The van der Waals surface area contributed by atoms with Crippen molar-refractivity contribution in [3.63, 3.8) is 0 Å². The van der Waals surface area contributed by atoms with E-state index in [2.05, 4.69) is 15.3 Å². The van der Waals surface area contributed by atoms with E-state index in [1.807, 2.05) is 18.2 Å². The second kappa shape index (κ2) is 7.26. The molecule has 1 aliphatic heterocycles. The molecule has 1 amide bonds. The van der Waals surface area contributed by atoms with Crippen molar-refractivity contribution in [2.45, 2.75) is 6.42 Å². The molecule has 0 atom stereocenters. The zero-order chi connectivity index (χ0) is 17.8. The Kier molecular flexibility index (Phi) is 4.51. The summed E-state index contributed by atoms with van der Waals surface area (Å²) in [5.74, 6) is 2.11. The summed E-state index contributed by atoms with van der Waals surface area (Å²) in [6.07, 6.45) is 7.42. The van der Waals surface area contributed by atoms with Gasteiger partial charge in [-0.15, -0.1) is 0 Å². The Hall–Kier alpha value is -3.35. The number of hydrogen-bond acceptors (Lipinski definition) is 5. The maximum atomic E-state index is 12.3. The molecular weight excluding hydrogens is 332 g/mol. The summed E-state index contributed by atoms with van der Waals surface area (Å²) in [4.78, 5) is 20.5. The molecule has 4 rings (SSSR count). The van der Waals surface area contributed by atoms with Crippen LogP contribution in [0.4, 0.5) is 0 Å². The van der Waals surface area contributed by atoms with Crippen molar-refractivity contribution in [3.05, 3.63) is 66.4 Å². The average Bonchev–Trinajstić information content (AvgIpc) is 3.23. The van der Waals surface area contributed by atoms with Crippen molar-refractivity contribution in [2.24, 2.45) is 0 Å². The van der Waals surface area contributed by atoms with Crippen LogP contribution in [0.5, 0.6) is 11.5 Å². The Morgan fingerprint density at radius 3 is 2.81 bits per heavy atom. The Balaban J connectivity index is 1.32. The average molecular weight is 350 g/mol. The van der Waals surface area contributed by atoms with Crippen LogP contribution in [0.25, 0.3) is 5.82 Å². The van der Waals surface area contributed by atoms with E-state index in [1.54, 1.807) is 41.6 Å². The summed E-state index contributed by atoms with van der Waals surface area (Å²) in [5.41, 5.74) is 1.61. The minimum Gasteiger partial charge on any atom is -0.486 e.